The molecular weight excluding hydrogens is 164 g/mol. The molecule has 0 atom stereocenters. The van der Waals surface area contributed by atoms with Gasteiger partial charge in [-0.2, -0.15) is 0 Å². The second kappa shape index (κ2) is 7.30. The van der Waals surface area contributed by atoms with Crippen LogP contribution in [-0.2, 0) is 4.74 Å². The van der Waals surface area contributed by atoms with Crippen LogP contribution in [0.1, 0.15) is 38.5 Å². The molecule has 1 fully saturated rings. The predicted octanol–water partition coefficient (Wildman–Crippen LogP) is 1.44. The van der Waals surface area contributed by atoms with Crippen LogP contribution in [0, 0.1) is 5.92 Å². The summed E-state index contributed by atoms with van der Waals surface area (Å²) < 4.78 is 5.43. The van der Waals surface area contributed by atoms with E-state index >= 15 is 0 Å². The van der Waals surface area contributed by atoms with Gasteiger partial charge >= 0.3 is 0 Å². The van der Waals surface area contributed by atoms with E-state index in [1.807, 2.05) is 0 Å². The maximum Gasteiger partial charge on any atom is 0.0604 e. The van der Waals surface area contributed by atoms with Crippen molar-refractivity contribution in [1.82, 2.24) is 5.43 Å². The summed E-state index contributed by atoms with van der Waals surface area (Å²) in [6.45, 7) is 2.40. The fourth-order valence-electron chi connectivity index (χ4n) is 1.96. The Bertz CT molecular complexity index is 113. The zero-order chi connectivity index (χ0) is 9.36. The number of ether oxygens (including phenoxy) is 1. The molecule has 1 aliphatic carbocycles. The van der Waals surface area contributed by atoms with Gasteiger partial charge in [0.05, 0.1) is 6.61 Å². The van der Waals surface area contributed by atoms with Gasteiger partial charge in [-0.05, 0) is 12.3 Å². The Kier molecular flexibility index (Phi) is 6.15. The van der Waals surface area contributed by atoms with E-state index in [9.17, 15) is 0 Å². The predicted molar refractivity (Wildman–Crippen MR) is 54.2 cm³/mol. The van der Waals surface area contributed by atoms with E-state index in [0.717, 1.165) is 25.7 Å². The van der Waals surface area contributed by atoms with Gasteiger partial charge < -0.3 is 4.74 Å². The topological polar surface area (TPSA) is 47.3 Å². The van der Waals surface area contributed by atoms with Crippen LogP contribution in [0.2, 0.25) is 0 Å². The van der Waals surface area contributed by atoms with Gasteiger partial charge in [0.25, 0.3) is 0 Å². The molecule has 1 aliphatic rings. The van der Waals surface area contributed by atoms with E-state index in [1.54, 1.807) is 0 Å². The van der Waals surface area contributed by atoms with Gasteiger partial charge in [0.15, 0.2) is 0 Å². The lowest BCUT2D eigenvalue weighted by molar-refractivity contribution is 0.115. The first-order chi connectivity index (χ1) is 6.43. The van der Waals surface area contributed by atoms with Crippen LogP contribution in [0.15, 0.2) is 0 Å². The largest absolute Gasteiger partial charge is 0.380 e. The van der Waals surface area contributed by atoms with Crippen molar-refractivity contribution in [3.63, 3.8) is 0 Å². The maximum atomic E-state index is 5.43. The Morgan fingerprint density at radius 3 is 2.62 bits per heavy atom. The average molecular weight is 186 g/mol. The molecule has 3 nitrogen and oxygen atoms in total. The molecule has 0 aromatic heterocycles. The number of nitrogens with two attached hydrogens (primary N) is 1. The van der Waals surface area contributed by atoms with Gasteiger partial charge in [0.2, 0.25) is 0 Å². The zero-order valence-corrected chi connectivity index (χ0v) is 8.43. The number of hydrogen-bond acceptors (Lipinski definition) is 3. The summed E-state index contributed by atoms with van der Waals surface area (Å²) in [4.78, 5) is 0. The van der Waals surface area contributed by atoms with Gasteiger partial charge in [-0.15, -0.1) is 0 Å². The highest BCUT2D eigenvalue weighted by Crippen LogP contribution is 2.25. The monoisotopic (exact) mass is 186 g/mol. The lowest BCUT2D eigenvalue weighted by Crippen LogP contribution is -2.26. The van der Waals surface area contributed by atoms with Crippen LogP contribution in [0.5, 0.6) is 0 Å². The average Bonchev–Trinajstić information content (AvgIpc) is 2.19. The molecular formula is C10H22N2O. The molecule has 0 bridgehead atoms. The molecule has 3 N–H and O–H groups in total. The minimum atomic E-state index is 0.739. The standard InChI is InChI=1S/C10H22N2O/c11-12-7-9-13-8-6-10-4-2-1-3-5-10/h10,12H,1-9,11H2. The molecule has 0 aromatic rings. The summed E-state index contributed by atoms with van der Waals surface area (Å²) in [6, 6.07) is 0. The van der Waals surface area contributed by atoms with Gasteiger partial charge in [-0.25, -0.2) is 0 Å². The van der Waals surface area contributed by atoms with E-state index in [1.165, 1.54) is 38.5 Å². The first-order valence-corrected chi connectivity index (χ1v) is 5.44. The lowest BCUT2D eigenvalue weighted by Gasteiger charge is -2.21. The molecule has 0 heterocycles. The maximum absolute atomic E-state index is 5.43. The van der Waals surface area contributed by atoms with Crippen LogP contribution < -0.4 is 11.3 Å². The highest BCUT2D eigenvalue weighted by molar-refractivity contribution is 4.65. The van der Waals surface area contributed by atoms with Crippen LogP contribution in [0.25, 0.3) is 0 Å². The van der Waals surface area contributed by atoms with E-state index in [2.05, 4.69) is 5.43 Å². The van der Waals surface area contributed by atoms with E-state index in [-0.39, 0.29) is 0 Å². The van der Waals surface area contributed by atoms with Crippen molar-refractivity contribution >= 4 is 0 Å². The van der Waals surface area contributed by atoms with Crippen molar-refractivity contribution < 1.29 is 4.74 Å². The van der Waals surface area contributed by atoms with Crippen molar-refractivity contribution in [1.29, 1.82) is 0 Å². The number of hydrogen-bond donors (Lipinski definition) is 2. The molecule has 0 aromatic carbocycles. The first-order valence-electron chi connectivity index (χ1n) is 5.44. The summed E-state index contributed by atoms with van der Waals surface area (Å²) in [5.41, 5.74) is 2.58. The molecule has 78 valence electrons. The van der Waals surface area contributed by atoms with Crippen molar-refractivity contribution in [3.05, 3.63) is 0 Å². The normalized spacial score (nSPS) is 19.2. The Morgan fingerprint density at radius 2 is 1.92 bits per heavy atom. The van der Waals surface area contributed by atoms with Gasteiger partial charge in [-0.1, -0.05) is 32.1 Å². The van der Waals surface area contributed by atoms with Gasteiger partial charge in [0, 0.05) is 13.2 Å². The van der Waals surface area contributed by atoms with Crippen LogP contribution in [-0.4, -0.2) is 19.8 Å². The van der Waals surface area contributed by atoms with Crippen molar-refractivity contribution in [2.75, 3.05) is 19.8 Å². The van der Waals surface area contributed by atoms with Gasteiger partial charge in [0.1, 0.15) is 0 Å². The van der Waals surface area contributed by atoms with Crippen molar-refractivity contribution in [2.24, 2.45) is 11.8 Å². The number of nitrogens with one attached hydrogen (secondary N) is 1. The van der Waals surface area contributed by atoms with E-state index < -0.39 is 0 Å². The highest BCUT2D eigenvalue weighted by atomic mass is 16.5. The molecule has 1 rings (SSSR count). The smallest absolute Gasteiger partial charge is 0.0604 e. The fourth-order valence-corrected chi connectivity index (χ4v) is 1.96. The second-order valence-corrected chi connectivity index (χ2v) is 3.86. The Labute approximate surface area is 81.0 Å². The molecule has 0 amide bonds. The van der Waals surface area contributed by atoms with E-state index in [4.69, 9.17) is 10.6 Å². The third kappa shape index (κ3) is 5.24. The number of hydrazine groups is 1. The molecule has 0 spiro atoms. The van der Waals surface area contributed by atoms with Crippen LogP contribution >= 0.6 is 0 Å². The van der Waals surface area contributed by atoms with Gasteiger partial charge in [-0.3, -0.25) is 11.3 Å². The summed E-state index contributed by atoms with van der Waals surface area (Å²) >= 11 is 0. The first kappa shape index (κ1) is 11.0. The minimum absolute atomic E-state index is 0.739. The highest BCUT2D eigenvalue weighted by Gasteiger charge is 2.12. The zero-order valence-electron chi connectivity index (χ0n) is 8.43. The van der Waals surface area contributed by atoms with Crippen molar-refractivity contribution in [3.8, 4) is 0 Å². The van der Waals surface area contributed by atoms with Crippen molar-refractivity contribution in [2.45, 2.75) is 38.5 Å². The molecule has 3 heteroatoms. The molecule has 13 heavy (non-hydrogen) atoms. The van der Waals surface area contributed by atoms with E-state index in [0.29, 0.717) is 0 Å². The minimum Gasteiger partial charge on any atom is -0.380 e. The molecule has 0 aliphatic heterocycles. The summed E-state index contributed by atoms with van der Waals surface area (Å²) in [7, 11) is 0. The molecule has 0 radical (unpaired) electrons. The Balaban J connectivity index is 1.86. The summed E-state index contributed by atoms with van der Waals surface area (Å²) in [5, 5.41) is 0. The summed E-state index contributed by atoms with van der Waals surface area (Å²) in [6.07, 6.45) is 8.36. The second-order valence-electron chi connectivity index (χ2n) is 3.86. The molecule has 0 unspecified atom stereocenters. The Morgan fingerprint density at radius 1 is 1.15 bits per heavy atom. The number of rotatable bonds is 6. The fraction of sp³-hybridized carbons (Fsp3) is 1.00. The Hall–Kier alpha value is -0.120. The SMILES string of the molecule is NNCCOCCC1CCCCC1. The summed E-state index contributed by atoms with van der Waals surface area (Å²) in [5.74, 6) is 6.05. The quantitative estimate of drug-likeness (QED) is 0.375. The molecule has 1 saturated carbocycles. The lowest BCUT2D eigenvalue weighted by atomic mass is 9.87. The third-order valence-electron chi connectivity index (χ3n) is 2.79. The molecule has 0 saturated heterocycles. The van der Waals surface area contributed by atoms with Crippen LogP contribution in [0.3, 0.4) is 0 Å². The van der Waals surface area contributed by atoms with Crippen LogP contribution in [0.4, 0.5) is 0 Å². The third-order valence-corrected chi connectivity index (χ3v) is 2.79.